The number of nitrogens with one attached hydrogen (secondary N) is 2. The first-order chi connectivity index (χ1) is 11.7. The zero-order valence-electron chi connectivity index (χ0n) is 13.6. The van der Waals surface area contributed by atoms with Crippen LogP contribution in [-0.2, 0) is 4.74 Å². The number of anilines is 1. The second-order valence-electron chi connectivity index (χ2n) is 5.44. The van der Waals surface area contributed by atoms with Crippen LogP contribution in [0.25, 0.3) is 20.8 Å². The number of ether oxygens (including phenoxy) is 1. The van der Waals surface area contributed by atoms with Gasteiger partial charge in [0.05, 0.1) is 16.8 Å². The maximum absolute atomic E-state index is 5.24. The highest BCUT2D eigenvalue weighted by molar-refractivity contribution is 7.80. The molecule has 6 heteroatoms. The lowest BCUT2D eigenvalue weighted by molar-refractivity contribution is 0.204. The number of methoxy groups -OCH3 is 1. The van der Waals surface area contributed by atoms with Gasteiger partial charge in [0, 0.05) is 24.9 Å². The molecule has 3 rings (SSSR count). The molecule has 0 aliphatic rings. The highest BCUT2D eigenvalue weighted by Crippen LogP contribution is 2.31. The molecule has 124 valence electrons. The first-order valence-corrected chi connectivity index (χ1v) is 8.89. The predicted molar refractivity (Wildman–Crippen MR) is 106 cm³/mol. The average Bonchev–Trinajstić information content (AvgIpc) is 2.99. The molecule has 2 N–H and O–H groups in total. The molecule has 0 aliphatic heterocycles. The summed E-state index contributed by atoms with van der Waals surface area (Å²) in [4.78, 5) is 4.71. The molecular formula is C18H19N3OS2. The Balaban J connectivity index is 1.70. The van der Waals surface area contributed by atoms with Crippen molar-refractivity contribution in [3.05, 3.63) is 48.0 Å². The van der Waals surface area contributed by atoms with Crippen LogP contribution in [0, 0.1) is 6.92 Å². The molecule has 1 heterocycles. The Bertz CT molecular complexity index is 843. The third-order valence-corrected chi connectivity index (χ3v) is 4.84. The summed E-state index contributed by atoms with van der Waals surface area (Å²) in [5.74, 6) is 0. The molecule has 0 atom stereocenters. The van der Waals surface area contributed by atoms with E-state index in [1.165, 1.54) is 10.3 Å². The molecule has 1 aromatic heterocycles. The van der Waals surface area contributed by atoms with Crippen molar-refractivity contribution >= 4 is 44.6 Å². The molecular weight excluding hydrogens is 338 g/mol. The zero-order valence-corrected chi connectivity index (χ0v) is 15.3. The third-order valence-electron chi connectivity index (χ3n) is 3.53. The number of fused-ring (bicyclic) bond motifs is 1. The van der Waals surface area contributed by atoms with E-state index in [9.17, 15) is 0 Å². The van der Waals surface area contributed by atoms with Gasteiger partial charge in [0.15, 0.2) is 5.11 Å². The van der Waals surface area contributed by atoms with Gasteiger partial charge in [0.1, 0.15) is 5.01 Å². The van der Waals surface area contributed by atoms with E-state index in [1.807, 2.05) is 12.1 Å². The molecule has 4 nitrogen and oxygen atoms in total. The summed E-state index contributed by atoms with van der Waals surface area (Å²) < 4.78 is 6.20. The van der Waals surface area contributed by atoms with Gasteiger partial charge in [-0.1, -0.05) is 6.07 Å². The average molecular weight is 358 g/mol. The van der Waals surface area contributed by atoms with Gasteiger partial charge in [-0.15, -0.1) is 11.3 Å². The minimum absolute atomic E-state index is 0.593. The van der Waals surface area contributed by atoms with Gasteiger partial charge in [0.2, 0.25) is 0 Å². The molecule has 0 aliphatic carbocycles. The van der Waals surface area contributed by atoms with E-state index >= 15 is 0 Å². The number of aryl methyl sites for hydroxylation is 1. The molecule has 0 fully saturated rings. The summed E-state index contributed by atoms with van der Waals surface area (Å²) in [5.41, 5.74) is 4.36. The fraction of sp³-hybridized carbons (Fsp3) is 0.222. The standard InChI is InChI=1S/C18H19N3OS2/c1-12-3-8-15-16(11-12)24-17(21-15)13-4-6-14(7-5-13)20-18(23)19-9-10-22-2/h3-8,11H,9-10H2,1-2H3,(H2,19,20,23). The topological polar surface area (TPSA) is 46.2 Å². The SMILES string of the molecule is COCCNC(=S)Nc1ccc(-c2nc3ccc(C)cc3s2)cc1. The predicted octanol–water partition coefficient (Wildman–Crippen LogP) is 4.20. The van der Waals surface area contributed by atoms with Crippen LogP contribution >= 0.6 is 23.6 Å². The number of thiocarbonyl (C=S) groups is 1. The molecule has 0 saturated heterocycles. The summed E-state index contributed by atoms with van der Waals surface area (Å²) in [6.07, 6.45) is 0. The fourth-order valence-electron chi connectivity index (χ4n) is 2.29. The lowest BCUT2D eigenvalue weighted by atomic mass is 10.2. The Kier molecular flexibility index (Phi) is 5.40. The number of nitrogens with zero attached hydrogens (tertiary/aromatic N) is 1. The van der Waals surface area contributed by atoms with Crippen LogP contribution in [0.5, 0.6) is 0 Å². The number of hydrogen-bond donors (Lipinski definition) is 2. The summed E-state index contributed by atoms with van der Waals surface area (Å²) in [6, 6.07) is 14.5. The van der Waals surface area contributed by atoms with Crippen LogP contribution < -0.4 is 10.6 Å². The molecule has 3 aromatic rings. The summed E-state index contributed by atoms with van der Waals surface area (Å²) in [6.45, 7) is 3.41. The van der Waals surface area contributed by atoms with Crippen molar-refractivity contribution in [3.63, 3.8) is 0 Å². The normalized spacial score (nSPS) is 10.8. The van der Waals surface area contributed by atoms with Crippen LogP contribution in [0.1, 0.15) is 5.56 Å². The second kappa shape index (κ2) is 7.70. The lowest BCUT2D eigenvalue weighted by Crippen LogP contribution is -2.31. The fourth-order valence-corrected chi connectivity index (χ4v) is 3.58. The van der Waals surface area contributed by atoms with E-state index in [-0.39, 0.29) is 0 Å². The van der Waals surface area contributed by atoms with Crippen LogP contribution in [-0.4, -0.2) is 30.4 Å². The molecule has 0 unspecified atom stereocenters. The highest BCUT2D eigenvalue weighted by Gasteiger charge is 2.06. The lowest BCUT2D eigenvalue weighted by Gasteiger charge is -2.10. The van der Waals surface area contributed by atoms with Crippen molar-refractivity contribution < 1.29 is 4.74 Å². The zero-order chi connectivity index (χ0) is 16.9. The van der Waals surface area contributed by atoms with Crippen molar-refractivity contribution in [1.29, 1.82) is 0 Å². The molecule has 2 aromatic carbocycles. The summed E-state index contributed by atoms with van der Waals surface area (Å²) >= 11 is 6.96. The minimum Gasteiger partial charge on any atom is -0.383 e. The summed E-state index contributed by atoms with van der Waals surface area (Å²) in [5, 5.41) is 7.87. The third kappa shape index (κ3) is 4.08. The van der Waals surface area contributed by atoms with E-state index in [4.69, 9.17) is 21.9 Å². The van der Waals surface area contributed by atoms with Gasteiger partial charge < -0.3 is 15.4 Å². The van der Waals surface area contributed by atoms with E-state index in [0.717, 1.165) is 21.8 Å². The van der Waals surface area contributed by atoms with Crippen LogP contribution in [0.15, 0.2) is 42.5 Å². The van der Waals surface area contributed by atoms with Gasteiger partial charge in [-0.2, -0.15) is 0 Å². The van der Waals surface area contributed by atoms with Crippen molar-refractivity contribution in [2.45, 2.75) is 6.92 Å². The van der Waals surface area contributed by atoms with Gasteiger partial charge in [-0.25, -0.2) is 4.98 Å². The summed E-state index contributed by atoms with van der Waals surface area (Å²) in [7, 11) is 1.67. The van der Waals surface area contributed by atoms with Crippen molar-refractivity contribution in [3.8, 4) is 10.6 Å². The maximum atomic E-state index is 5.24. The van der Waals surface area contributed by atoms with Crippen molar-refractivity contribution in [2.24, 2.45) is 0 Å². The minimum atomic E-state index is 0.593. The smallest absolute Gasteiger partial charge is 0.170 e. The Hall–Kier alpha value is -2.02. The maximum Gasteiger partial charge on any atom is 0.170 e. The Labute approximate surface area is 150 Å². The number of hydrogen-bond acceptors (Lipinski definition) is 4. The van der Waals surface area contributed by atoms with E-state index in [0.29, 0.717) is 18.3 Å². The van der Waals surface area contributed by atoms with E-state index in [2.05, 4.69) is 47.9 Å². The Morgan fingerprint density at radius 1 is 1.21 bits per heavy atom. The van der Waals surface area contributed by atoms with Gasteiger partial charge in [-0.05, 0) is 61.1 Å². The molecule has 0 amide bonds. The molecule has 0 bridgehead atoms. The number of benzene rings is 2. The Morgan fingerprint density at radius 3 is 2.75 bits per heavy atom. The Morgan fingerprint density at radius 2 is 2.00 bits per heavy atom. The van der Waals surface area contributed by atoms with Crippen LogP contribution in [0.4, 0.5) is 5.69 Å². The first kappa shape index (κ1) is 16.8. The van der Waals surface area contributed by atoms with Crippen LogP contribution in [0.2, 0.25) is 0 Å². The van der Waals surface area contributed by atoms with Crippen LogP contribution in [0.3, 0.4) is 0 Å². The second-order valence-corrected chi connectivity index (χ2v) is 6.88. The largest absolute Gasteiger partial charge is 0.383 e. The van der Waals surface area contributed by atoms with E-state index in [1.54, 1.807) is 18.4 Å². The first-order valence-electron chi connectivity index (χ1n) is 7.67. The number of rotatable bonds is 5. The molecule has 24 heavy (non-hydrogen) atoms. The highest BCUT2D eigenvalue weighted by atomic mass is 32.1. The molecule has 0 saturated carbocycles. The monoisotopic (exact) mass is 357 g/mol. The molecule has 0 radical (unpaired) electrons. The van der Waals surface area contributed by atoms with Gasteiger partial charge in [0.25, 0.3) is 0 Å². The van der Waals surface area contributed by atoms with Gasteiger partial charge in [-0.3, -0.25) is 0 Å². The number of aromatic nitrogens is 1. The van der Waals surface area contributed by atoms with E-state index < -0.39 is 0 Å². The van der Waals surface area contributed by atoms with Crippen molar-refractivity contribution in [2.75, 3.05) is 25.6 Å². The molecule has 0 spiro atoms. The van der Waals surface area contributed by atoms with Gasteiger partial charge >= 0.3 is 0 Å². The van der Waals surface area contributed by atoms with Crippen molar-refractivity contribution in [1.82, 2.24) is 10.3 Å². The quantitative estimate of drug-likeness (QED) is 0.529. The number of thiazole rings is 1.